The van der Waals surface area contributed by atoms with Crippen molar-refractivity contribution < 1.29 is 43.2 Å². The monoisotopic (exact) mass is 976 g/mol. The van der Waals surface area contributed by atoms with Crippen LogP contribution in [0.2, 0.25) is 10.0 Å². The van der Waals surface area contributed by atoms with Crippen LogP contribution in [0.15, 0.2) is 91.1 Å². The lowest BCUT2D eigenvalue weighted by Crippen LogP contribution is -2.55. The smallest absolute Gasteiger partial charge is 0.407 e. The normalized spacial score (nSPS) is 19.0. The van der Waals surface area contributed by atoms with E-state index in [2.05, 4.69) is 15.6 Å². The van der Waals surface area contributed by atoms with E-state index < -0.39 is 41.8 Å². The first-order valence-electron chi connectivity index (χ1n) is 23.4. The molecule has 1 fully saturated rings. The Balaban J connectivity index is 1.00. The molecule has 0 spiro atoms. The average Bonchev–Trinajstić information content (AvgIpc) is 3.78. The number of hydrogen-bond acceptors (Lipinski definition) is 9. The summed E-state index contributed by atoms with van der Waals surface area (Å²) >= 11 is 12.2. The van der Waals surface area contributed by atoms with E-state index in [4.69, 9.17) is 42.1 Å². The van der Waals surface area contributed by atoms with Gasteiger partial charge < -0.3 is 39.6 Å². The minimum Gasteiger partial charge on any atom is -0.489 e. The van der Waals surface area contributed by atoms with Crippen LogP contribution >= 0.6 is 23.2 Å². The van der Waals surface area contributed by atoms with Crippen LogP contribution in [0.25, 0.3) is 11.1 Å². The van der Waals surface area contributed by atoms with Gasteiger partial charge in [-0.15, -0.1) is 0 Å². The standard InChI is InChI=1S/C54H58Cl2N4O9/c1-31-32(2)57-21-20-43(31)35-9-6-33(7-10-35)22-40(15-19-50(61)62)58-51(63)46-25-38-26-47-48(27-39(38)28-60(46)52(64)37-11-14-41(24-37)59-53(65)69-54(3,4)5)68-49(30-67-47)36-12-16-42(17-13-36)66-29-34-8-18-44(55)45(56)23-34/h6-10,12-13,16-18,20-21,23,26-27,37,40-41,46,49H,11,14-15,19,22,24-25,28-30H2,1-5H3,(H,58,63)(H,59,65)(H,61,62)/t37-,40?,41+,46+,49-/m1/s1. The first kappa shape index (κ1) is 49.1. The van der Waals surface area contributed by atoms with E-state index >= 15 is 0 Å². The highest BCUT2D eigenvalue weighted by atomic mass is 35.5. The summed E-state index contributed by atoms with van der Waals surface area (Å²) < 4.78 is 24.3. The molecule has 1 unspecified atom stereocenters. The van der Waals surface area contributed by atoms with Crippen LogP contribution in [-0.4, -0.2) is 69.2 Å². The summed E-state index contributed by atoms with van der Waals surface area (Å²) in [5.74, 6) is -0.249. The minimum absolute atomic E-state index is 0.133. The number of nitrogens with zero attached hydrogens (tertiary/aromatic N) is 2. The number of rotatable bonds is 14. The van der Waals surface area contributed by atoms with Gasteiger partial charge in [0.25, 0.3) is 0 Å². The second kappa shape index (κ2) is 21.1. The quantitative estimate of drug-likeness (QED) is 0.0975. The van der Waals surface area contributed by atoms with Crippen molar-refractivity contribution in [2.24, 2.45) is 5.92 Å². The molecule has 3 aliphatic rings. The molecule has 0 radical (unpaired) electrons. The van der Waals surface area contributed by atoms with Gasteiger partial charge in [0, 0.05) is 49.3 Å². The molecule has 1 saturated carbocycles. The van der Waals surface area contributed by atoms with Gasteiger partial charge >= 0.3 is 12.1 Å². The van der Waals surface area contributed by atoms with Gasteiger partial charge in [-0.2, -0.15) is 0 Å². The van der Waals surface area contributed by atoms with Crippen molar-refractivity contribution in [3.05, 3.63) is 140 Å². The number of carboxylic acid groups (broad SMARTS) is 1. The SMILES string of the molecule is Cc1nccc(-c2ccc(CC(CCC(=O)O)NC(=O)[C@@H]3Cc4cc5c(cc4CN3C(=O)[C@@H]3CC[C@H](NC(=O)OC(C)(C)C)C3)O[C@@H](c3ccc(OCc4ccc(Cl)c(Cl)c4)cc3)CO5)cc2)c1C. The molecule has 69 heavy (non-hydrogen) atoms. The van der Waals surface area contributed by atoms with E-state index in [1.54, 1.807) is 44.0 Å². The number of alkyl carbamates (subject to hydrolysis) is 1. The third-order valence-electron chi connectivity index (χ3n) is 13.0. The number of carboxylic acids is 1. The molecule has 3 heterocycles. The second-order valence-corrected chi connectivity index (χ2v) is 20.1. The van der Waals surface area contributed by atoms with E-state index in [0.717, 1.165) is 50.2 Å². The van der Waals surface area contributed by atoms with Crippen LogP contribution in [0.1, 0.15) is 98.1 Å². The number of benzene rings is 4. The second-order valence-electron chi connectivity index (χ2n) is 19.2. The molecule has 2 aliphatic heterocycles. The van der Waals surface area contributed by atoms with Crippen molar-refractivity contribution >= 4 is 47.1 Å². The molecule has 1 aliphatic carbocycles. The summed E-state index contributed by atoms with van der Waals surface area (Å²) in [6, 6.07) is 25.1. The van der Waals surface area contributed by atoms with Crippen molar-refractivity contribution in [1.82, 2.24) is 20.5 Å². The molecule has 5 aromatic rings. The highest BCUT2D eigenvalue weighted by molar-refractivity contribution is 6.42. The number of nitrogens with one attached hydrogen (secondary N) is 2. The Labute approximate surface area is 412 Å². The number of aryl methyl sites for hydroxylation is 1. The largest absolute Gasteiger partial charge is 0.489 e. The molecule has 8 rings (SSSR count). The molecule has 4 aromatic carbocycles. The first-order valence-corrected chi connectivity index (χ1v) is 24.2. The van der Waals surface area contributed by atoms with Crippen LogP contribution < -0.4 is 24.8 Å². The summed E-state index contributed by atoms with van der Waals surface area (Å²) in [7, 11) is 0. The Morgan fingerprint density at radius 3 is 2.36 bits per heavy atom. The Kier molecular flexibility index (Phi) is 15.0. The van der Waals surface area contributed by atoms with Crippen molar-refractivity contribution in [2.75, 3.05) is 6.61 Å². The fourth-order valence-electron chi connectivity index (χ4n) is 9.28. The molecule has 0 bridgehead atoms. The van der Waals surface area contributed by atoms with Crippen LogP contribution in [0.5, 0.6) is 17.2 Å². The number of carbonyl (C=O) groups is 4. The van der Waals surface area contributed by atoms with Gasteiger partial charge in [0.2, 0.25) is 11.8 Å². The van der Waals surface area contributed by atoms with E-state index in [0.29, 0.717) is 59.6 Å². The third kappa shape index (κ3) is 12.3. The fourth-order valence-corrected chi connectivity index (χ4v) is 9.60. The third-order valence-corrected chi connectivity index (χ3v) is 13.8. The summed E-state index contributed by atoms with van der Waals surface area (Å²) in [5, 5.41) is 16.8. The summed E-state index contributed by atoms with van der Waals surface area (Å²) in [5.41, 5.74) is 7.85. The van der Waals surface area contributed by atoms with Crippen molar-refractivity contribution in [3.63, 3.8) is 0 Å². The van der Waals surface area contributed by atoms with E-state index in [-0.39, 0.29) is 50.3 Å². The molecular weight excluding hydrogens is 920 g/mol. The average molecular weight is 978 g/mol. The van der Waals surface area contributed by atoms with Crippen molar-refractivity contribution in [3.8, 4) is 28.4 Å². The van der Waals surface area contributed by atoms with E-state index in [9.17, 15) is 24.3 Å². The maximum absolute atomic E-state index is 14.7. The predicted octanol–water partition coefficient (Wildman–Crippen LogP) is 10.3. The number of pyridine rings is 1. The van der Waals surface area contributed by atoms with Crippen LogP contribution in [0.4, 0.5) is 4.79 Å². The topological polar surface area (TPSA) is 166 Å². The van der Waals surface area contributed by atoms with Crippen molar-refractivity contribution in [2.45, 2.75) is 123 Å². The van der Waals surface area contributed by atoms with Crippen molar-refractivity contribution in [1.29, 1.82) is 0 Å². The molecule has 13 nitrogen and oxygen atoms in total. The Hall–Kier alpha value is -6.31. The zero-order chi connectivity index (χ0) is 49.0. The zero-order valence-corrected chi connectivity index (χ0v) is 41.0. The zero-order valence-electron chi connectivity index (χ0n) is 39.5. The first-order chi connectivity index (χ1) is 33.0. The number of amides is 3. The van der Waals surface area contributed by atoms with Gasteiger partial charge in [0.15, 0.2) is 17.6 Å². The number of hydrogen-bond donors (Lipinski definition) is 3. The maximum Gasteiger partial charge on any atom is 0.407 e. The highest BCUT2D eigenvalue weighted by Gasteiger charge is 2.42. The molecule has 3 amide bonds. The summed E-state index contributed by atoms with van der Waals surface area (Å²) in [4.78, 5) is 60.0. The molecule has 5 atom stereocenters. The molecule has 1 aromatic heterocycles. The van der Waals surface area contributed by atoms with Gasteiger partial charge in [-0.1, -0.05) is 65.7 Å². The molecular formula is C54H58Cl2N4O9. The van der Waals surface area contributed by atoms with Gasteiger partial charge in [-0.05, 0) is 154 Å². The minimum atomic E-state index is -0.969. The number of aromatic nitrogens is 1. The number of carbonyl (C=O) groups excluding carboxylic acids is 3. The lowest BCUT2D eigenvalue weighted by atomic mass is 9.90. The predicted molar refractivity (Wildman–Crippen MR) is 263 cm³/mol. The highest BCUT2D eigenvalue weighted by Crippen LogP contribution is 2.42. The number of fused-ring (bicyclic) bond motifs is 2. The lowest BCUT2D eigenvalue weighted by Gasteiger charge is -2.39. The van der Waals surface area contributed by atoms with Gasteiger partial charge in [-0.25, -0.2) is 4.79 Å². The summed E-state index contributed by atoms with van der Waals surface area (Å²) in [6.07, 6.45) is 2.97. The molecule has 3 N–H and O–H groups in total. The Morgan fingerprint density at radius 1 is 0.899 bits per heavy atom. The lowest BCUT2D eigenvalue weighted by molar-refractivity contribution is -0.145. The number of aliphatic carboxylic acids is 1. The van der Waals surface area contributed by atoms with Crippen LogP contribution in [0.3, 0.4) is 0 Å². The molecule has 15 heteroatoms. The number of halogens is 2. The van der Waals surface area contributed by atoms with Crippen LogP contribution in [-0.2, 0) is 45.1 Å². The maximum atomic E-state index is 14.7. The van der Waals surface area contributed by atoms with E-state index in [1.165, 1.54) is 0 Å². The number of ether oxygens (including phenoxy) is 4. The summed E-state index contributed by atoms with van der Waals surface area (Å²) in [6.45, 7) is 10.1. The Morgan fingerprint density at radius 2 is 1.64 bits per heavy atom. The fraction of sp³-hybridized carbons (Fsp3) is 0.389. The Bertz CT molecular complexity index is 2710. The van der Waals surface area contributed by atoms with Gasteiger partial charge in [0.1, 0.15) is 30.6 Å². The van der Waals surface area contributed by atoms with Crippen LogP contribution in [0, 0.1) is 19.8 Å². The molecule has 0 saturated heterocycles. The molecule has 362 valence electrons. The van der Waals surface area contributed by atoms with Gasteiger partial charge in [-0.3, -0.25) is 19.4 Å². The van der Waals surface area contributed by atoms with E-state index in [1.807, 2.05) is 86.6 Å². The van der Waals surface area contributed by atoms with Gasteiger partial charge in [0.05, 0.1) is 10.0 Å².